The minimum absolute atomic E-state index is 0.0833. The summed E-state index contributed by atoms with van der Waals surface area (Å²) in [6, 6.07) is 5.12. The van der Waals surface area contributed by atoms with Gasteiger partial charge in [-0.3, -0.25) is 9.59 Å². The summed E-state index contributed by atoms with van der Waals surface area (Å²) in [4.78, 5) is 24.9. The van der Waals surface area contributed by atoms with Crippen LogP contribution in [0.2, 0.25) is 0 Å². The van der Waals surface area contributed by atoms with Crippen LogP contribution in [0.4, 0.5) is 0 Å². The monoisotopic (exact) mass is 250 g/mol. The molecule has 3 N–H and O–H groups in total. The van der Waals surface area contributed by atoms with Crippen molar-refractivity contribution in [2.45, 2.75) is 6.04 Å². The fraction of sp³-hybridized carbons (Fsp3) is 0.333. The van der Waals surface area contributed by atoms with Gasteiger partial charge in [-0.1, -0.05) is 0 Å². The summed E-state index contributed by atoms with van der Waals surface area (Å²) in [5.41, 5.74) is 5.65. The Morgan fingerprint density at radius 2 is 2.00 bits per heavy atom. The third-order valence-corrected chi connectivity index (χ3v) is 2.83. The summed E-state index contributed by atoms with van der Waals surface area (Å²) in [6.07, 6.45) is 0. The summed E-state index contributed by atoms with van der Waals surface area (Å²) in [5.74, 6) is -0.788. The second-order valence-electron chi connectivity index (χ2n) is 4.04. The van der Waals surface area contributed by atoms with Gasteiger partial charge in [0, 0.05) is 12.1 Å². The molecule has 0 spiro atoms. The van der Waals surface area contributed by atoms with Gasteiger partial charge < -0.3 is 20.5 Å². The van der Waals surface area contributed by atoms with Gasteiger partial charge in [-0.2, -0.15) is 0 Å². The predicted molar refractivity (Wildman–Crippen MR) is 62.9 cm³/mol. The molecule has 18 heavy (non-hydrogen) atoms. The molecule has 0 saturated carbocycles. The first-order valence-corrected chi connectivity index (χ1v) is 5.56. The molecule has 6 heteroatoms. The second-order valence-corrected chi connectivity index (χ2v) is 4.04. The summed E-state index contributed by atoms with van der Waals surface area (Å²) < 4.78 is 5.14. The molecule has 1 unspecified atom stereocenters. The number of morpholine rings is 1. The smallest absolute Gasteiger partial charge is 0.254 e. The maximum absolute atomic E-state index is 12.2. The van der Waals surface area contributed by atoms with Gasteiger partial charge in [-0.25, -0.2) is 0 Å². The van der Waals surface area contributed by atoms with Crippen LogP contribution >= 0.6 is 0 Å². The first-order chi connectivity index (χ1) is 8.59. The van der Waals surface area contributed by atoms with E-state index in [1.165, 1.54) is 29.2 Å². The van der Waals surface area contributed by atoms with E-state index in [-0.39, 0.29) is 18.3 Å². The van der Waals surface area contributed by atoms with E-state index in [1.54, 1.807) is 0 Å². The Morgan fingerprint density at radius 3 is 2.61 bits per heavy atom. The summed E-state index contributed by atoms with van der Waals surface area (Å²) >= 11 is 0. The average molecular weight is 250 g/mol. The first-order valence-electron chi connectivity index (χ1n) is 5.56. The number of primary amides is 1. The number of hydrogen-bond acceptors (Lipinski definition) is 4. The summed E-state index contributed by atoms with van der Waals surface area (Å²) in [6.45, 7) is 0.833. The topological polar surface area (TPSA) is 92.9 Å². The van der Waals surface area contributed by atoms with Gasteiger partial charge in [0.1, 0.15) is 11.8 Å². The minimum Gasteiger partial charge on any atom is -0.508 e. The third-order valence-electron chi connectivity index (χ3n) is 2.83. The van der Waals surface area contributed by atoms with Crippen LogP contribution in [-0.2, 0) is 9.53 Å². The molecular formula is C12H14N2O4. The molecule has 1 atom stereocenters. The van der Waals surface area contributed by atoms with Crippen LogP contribution < -0.4 is 5.73 Å². The lowest BCUT2D eigenvalue weighted by atomic mass is 10.1. The van der Waals surface area contributed by atoms with Crippen molar-refractivity contribution in [3.05, 3.63) is 29.8 Å². The lowest BCUT2D eigenvalue weighted by Crippen LogP contribution is -2.54. The van der Waals surface area contributed by atoms with Crippen molar-refractivity contribution in [1.29, 1.82) is 0 Å². The van der Waals surface area contributed by atoms with Crippen LogP contribution in [0.15, 0.2) is 24.3 Å². The molecule has 1 aliphatic rings. The van der Waals surface area contributed by atoms with Crippen molar-refractivity contribution in [2.24, 2.45) is 5.73 Å². The normalized spacial score (nSPS) is 19.6. The van der Waals surface area contributed by atoms with E-state index in [2.05, 4.69) is 0 Å². The molecule has 96 valence electrons. The van der Waals surface area contributed by atoms with Crippen molar-refractivity contribution >= 4 is 11.8 Å². The van der Waals surface area contributed by atoms with Gasteiger partial charge >= 0.3 is 0 Å². The molecule has 0 bridgehead atoms. The van der Waals surface area contributed by atoms with E-state index < -0.39 is 11.9 Å². The zero-order valence-corrected chi connectivity index (χ0v) is 9.70. The van der Waals surface area contributed by atoms with Gasteiger partial charge in [0.05, 0.1) is 13.2 Å². The van der Waals surface area contributed by atoms with E-state index in [9.17, 15) is 9.59 Å². The lowest BCUT2D eigenvalue weighted by Gasteiger charge is -2.33. The Hall–Kier alpha value is -2.08. The van der Waals surface area contributed by atoms with Gasteiger partial charge in [-0.05, 0) is 24.3 Å². The zero-order chi connectivity index (χ0) is 13.1. The highest BCUT2D eigenvalue weighted by Gasteiger charge is 2.31. The quantitative estimate of drug-likeness (QED) is 0.755. The molecule has 2 amide bonds. The molecule has 2 rings (SSSR count). The van der Waals surface area contributed by atoms with E-state index in [0.29, 0.717) is 18.7 Å². The Balaban J connectivity index is 2.20. The van der Waals surface area contributed by atoms with Crippen LogP contribution in [0.25, 0.3) is 0 Å². The standard InChI is InChI=1S/C12H14N2O4/c13-11(16)10-7-18-6-5-14(10)12(17)8-1-3-9(15)4-2-8/h1-4,10,15H,5-7H2,(H2,13,16). The van der Waals surface area contributed by atoms with Crippen LogP contribution in [0, 0.1) is 0 Å². The first kappa shape index (κ1) is 12.4. The van der Waals surface area contributed by atoms with Crippen LogP contribution in [-0.4, -0.2) is 47.6 Å². The minimum atomic E-state index is -0.736. The van der Waals surface area contributed by atoms with Crippen molar-refractivity contribution in [3.63, 3.8) is 0 Å². The maximum Gasteiger partial charge on any atom is 0.254 e. The van der Waals surface area contributed by atoms with Crippen molar-refractivity contribution in [2.75, 3.05) is 19.8 Å². The van der Waals surface area contributed by atoms with Crippen LogP contribution in [0.3, 0.4) is 0 Å². The van der Waals surface area contributed by atoms with Crippen molar-refractivity contribution in [3.8, 4) is 5.75 Å². The lowest BCUT2D eigenvalue weighted by molar-refractivity contribution is -0.127. The number of phenolic OH excluding ortho intramolecular Hbond substituents is 1. The SMILES string of the molecule is NC(=O)C1COCCN1C(=O)c1ccc(O)cc1. The molecule has 1 fully saturated rings. The number of carbonyl (C=O) groups is 2. The van der Waals surface area contributed by atoms with E-state index in [1.807, 2.05) is 0 Å². The number of nitrogens with two attached hydrogens (primary N) is 1. The molecule has 6 nitrogen and oxygen atoms in total. The van der Waals surface area contributed by atoms with Crippen molar-refractivity contribution < 1.29 is 19.4 Å². The van der Waals surface area contributed by atoms with Gasteiger partial charge in [0.15, 0.2) is 0 Å². The molecule has 1 aliphatic heterocycles. The van der Waals surface area contributed by atoms with Crippen LogP contribution in [0.1, 0.15) is 10.4 Å². The Labute approximate surface area is 104 Å². The zero-order valence-electron chi connectivity index (χ0n) is 9.70. The Kier molecular flexibility index (Phi) is 3.47. The molecule has 1 heterocycles. The Bertz CT molecular complexity index is 458. The summed E-state index contributed by atoms with van der Waals surface area (Å²) in [7, 11) is 0. The Morgan fingerprint density at radius 1 is 1.33 bits per heavy atom. The number of amides is 2. The number of aromatic hydroxyl groups is 1. The third kappa shape index (κ3) is 2.43. The number of phenols is 1. The molecule has 0 aliphatic carbocycles. The molecule has 1 aromatic carbocycles. The molecule has 0 aromatic heterocycles. The van der Waals surface area contributed by atoms with Crippen molar-refractivity contribution in [1.82, 2.24) is 4.90 Å². The summed E-state index contributed by atoms with van der Waals surface area (Å²) in [5, 5.41) is 9.17. The fourth-order valence-electron chi connectivity index (χ4n) is 1.85. The van der Waals surface area contributed by atoms with Gasteiger partial charge in [0.25, 0.3) is 5.91 Å². The number of benzene rings is 1. The average Bonchev–Trinajstić information content (AvgIpc) is 2.39. The molecule has 1 aromatic rings. The highest BCUT2D eigenvalue weighted by atomic mass is 16.5. The molecular weight excluding hydrogens is 236 g/mol. The maximum atomic E-state index is 12.2. The number of hydrogen-bond donors (Lipinski definition) is 2. The predicted octanol–water partition coefficient (Wildman–Crippen LogP) is -0.281. The molecule has 1 saturated heterocycles. The highest BCUT2D eigenvalue weighted by Crippen LogP contribution is 2.15. The van der Waals surface area contributed by atoms with Gasteiger partial charge in [0.2, 0.25) is 5.91 Å². The van der Waals surface area contributed by atoms with Gasteiger partial charge in [-0.15, -0.1) is 0 Å². The van der Waals surface area contributed by atoms with Crippen LogP contribution in [0.5, 0.6) is 5.75 Å². The number of ether oxygens (including phenoxy) is 1. The second kappa shape index (κ2) is 5.05. The largest absolute Gasteiger partial charge is 0.508 e. The van der Waals surface area contributed by atoms with E-state index in [4.69, 9.17) is 15.6 Å². The fourth-order valence-corrected chi connectivity index (χ4v) is 1.85. The van der Waals surface area contributed by atoms with E-state index >= 15 is 0 Å². The number of carbonyl (C=O) groups excluding carboxylic acids is 2. The highest BCUT2D eigenvalue weighted by molar-refractivity contribution is 5.97. The number of rotatable bonds is 2. The molecule has 0 radical (unpaired) electrons. The number of nitrogens with zero attached hydrogens (tertiary/aromatic N) is 1. The van der Waals surface area contributed by atoms with E-state index in [0.717, 1.165) is 0 Å².